The van der Waals surface area contributed by atoms with E-state index in [4.69, 9.17) is 21.3 Å². The number of benzene rings is 2. The van der Waals surface area contributed by atoms with Crippen LogP contribution in [-0.2, 0) is 17.7 Å². The highest BCUT2D eigenvalue weighted by atomic mass is 35.5. The van der Waals surface area contributed by atoms with Gasteiger partial charge in [0.05, 0.1) is 24.2 Å². The first-order valence-corrected chi connectivity index (χ1v) is 9.66. The van der Waals surface area contributed by atoms with Crippen molar-refractivity contribution in [3.8, 4) is 0 Å². The standard InChI is InChI=1S/C21H24ClN3O/c22-18-9-7-17(8-10-18)16-25-20-5-2-1-4-19(20)23-21(25)6-3-11-24-12-14-26-15-13-24/h1-2,4-5,7-10H,3,6,11-16H2. The highest BCUT2D eigenvalue weighted by Gasteiger charge is 2.13. The summed E-state index contributed by atoms with van der Waals surface area (Å²) in [4.78, 5) is 7.38. The minimum Gasteiger partial charge on any atom is -0.379 e. The number of ether oxygens (including phenoxy) is 1. The molecule has 0 radical (unpaired) electrons. The molecule has 4 nitrogen and oxygen atoms in total. The van der Waals surface area contributed by atoms with Crippen LogP contribution in [0.5, 0.6) is 0 Å². The number of imidazole rings is 1. The van der Waals surface area contributed by atoms with Crippen molar-refractivity contribution < 1.29 is 4.74 Å². The van der Waals surface area contributed by atoms with E-state index in [1.165, 1.54) is 11.1 Å². The topological polar surface area (TPSA) is 30.3 Å². The zero-order chi connectivity index (χ0) is 17.8. The third-order valence-corrected chi connectivity index (χ3v) is 5.22. The number of aryl methyl sites for hydroxylation is 1. The Balaban J connectivity index is 1.52. The molecule has 0 saturated carbocycles. The molecule has 5 heteroatoms. The maximum Gasteiger partial charge on any atom is 0.110 e. The maximum atomic E-state index is 6.03. The number of para-hydroxylation sites is 2. The first-order chi connectivity index (χ1) is 12.8. The van der Waals surface area contributed by atoms with Crippen molar-refractivity contribution in [2.45, 2.75) is 19.4 Å². The molecule has 0 spiro atoms. The second-order valence-electron chi connectivity index (χ2n) is 6.79. The second-order valence-corrected chi connectivity index (χ2v) is 7.22. The summed E-state index contributed by atoms with van der Waals surface area (Å²) in [6.45, 7) is 5.73. The predicted molar refractivity (Wildman–Crippen MR) is 106 cm³/mol. The number of nitrogens with zero attached hydrogens (tertiary/aromatic N) is 3. The van der Waals surface area contributed by atoms with Gasteiger partial charge in [-0.25, -0.2) is 4.98 Å². The molecule has 3 aromatic rings. The molecule has 1 fully saturated rings. The van der Waals surface area contributed by atoms with Gasteiger partial charge in [-0.15, -0.1) is 0 Å². The van der Waals surface area contributed by atoms with Crippen LogP contribution in [-0.4, -0.2) is 47.3 Å². The Labute approximate surface area is 159 Å². The van der Waals surface area contributed by atoms with Crippen LogP contribution in [0, 0.1) is 0 Å². The van der Waals surface area contributed by atoms with E-state index in [1.54, 1.807) is 0 Å². The van der Waals surface area contributed by atoms with Gasteiger partial charge in [-0.05, 0) is 42.8 Å². The molecule has 0 aliphatic carbocycles. The summed E-state index contributed by atoms with van der Waals surface area (Å²) in [5.74, 6) is 1.16. The highest BCUT2D eigenvalue weighted by Crippen LogP contribution is 2.20. The van der Waals surface area contributed by atoms with Crippen molar-refractivity contribution >= 4 is 22.6 Å². The third kappa shape index (κ3) is 4.09. The molecule has 0 atom stereocenters. The fourth-order valence-electron chi connectivity index (χ4n) is 3.55. The molecule has 1 aliphatic rings. The van der Waals surface area contributed by atoms with E-state index in [9.17, 15) is 0 Å². The van der Waals surface area contributed by atoms with Crippen LogP contribution in [0.4, 0.5) is 0 Å². The number of halogens is 1. The lowest BCUT2D eigenvalue weighted by atomic mass is 10.2. The van der Waals surface area contributed by atoms with E-state index in [-0.39, 0.29) is 0 Å². The molecule has 1 aromatic heterocycles. The van der Waals surface area contributed by atoms with Crippen LogP contribution in [0.1, 0.15) is 17.8 Å². The van der Waals surface area contributed by atoms with Crippen molar-refractivity contribution in [1.29, 1.82) is 0 Å². The molecule has 0 unspecified atom stereocenters. The molecule has 1 saturated heterocycles. The van der Waals surface area contributed by atoms with E-state index < -0.39 is 0 Å². The average molecular weight is 370 g/mol. The normalized spacial score (nSPS) is 15.6. The quantitative estimate of drug-likeness (QED) is 0.657. The summed E-state index contributed by atoms with van der Waals surface area (Å²) in [6.07, 6.45) is 2.10. The van der Waals surface area contributed by atoms with E-state index in [0.717, 1.165) is 68.6 Å². The zero-order valence-electron chi connectivity index (χ0n) is 14.9. The smallest absolute Gasteiger partial charge is 0.110 e. The SMILES string of the molecule is Clc1ccc(Cn2c(CCCN3CCOCC3)nc3ccccc32)cc1. The molecule has 136 valence electrons. The van der Waals surface area contributed by atoms with Crippen LogP contribution in [0.2, 0.25) is 5.02 Å². The van der Waals surface area contributed by atoms with Gasteiger partial charge >= 0.3 is 0 Å². The number of rotatable bonds is 6. The van der Waals surface area contributed by atoms with Gasteiger partial charge in [0, 0.05) is 31.1 Å². The molecule has 0 bridgehead atoms. The number of fused-ring (bicyclic) bond motifs is 1. The Morgan fingerprint density at radius 3 is 2.58 bits per heavy atom. The summed E-state index contributed by atoms with van der Waals surface area (Å²) in [5.41, 5.74) is 3.51. The van der Waals surface area contributed by atoms with E-state index in [2.05, 4.69) is 45.9 Å². The molecule has 1 aliphatic heterocycles. The predicted octanol–water partition coefficient (Wildman–Crippen LogP) is 4.00. The lowest BCUT2D eigenvalue weighted by molar-refractivity contribution is 0.0374. The Bertz CT molecular complexity index is 853. The summed E-state index contributed by atoms with van der Waals surface area (Å²) in [7, 11) is 0. The van der Waals surface area contributed by atoms with Crippen molar-refractivity contribution in [3.63, 3.8) is 0 Å². The monoisotopic (exact) mass is 369 g/mol. The van der Waals surface area contributed by atoms with Gasteiger partial charge in [-0.1, -0.05) is 35.9 Å². The summed E-state index contributed by atoms with van der Waals surface area (Å²) in [6, 6.07) is 16.5. The van der Waals surface area contributed by atoms with Gasteiger partial charge in [0.15, 0.2) is 0 Å². The number of hydrogen-bond acceptors (Lipinski definition) is 3. The van der Waals surface area contributed by atoms with Crippen molar-refractivity contribution in [3.05, 3.63) is 64.9 Å². The van der Waals surface area contributed by atoms with Crippen LogP contribution in [0.25, 0.3) is 11.0 Å². The first kappa shape index (κ1) is 17.5. The third-order valence-electron chi connectivity index (χ3n) is 4.97. The van der Waals surface area contributed by atoms with Crippen LogP contribution in [0.15, 0.2) is 48.5 Å². The van der Waals surface area contributed by atoms with E-state index in [0.29, 0.717) is 0 Å². The molecule has 26 heavy (non-hydrogen) atoms. The molecule has 4 rings (SSSR count). The van der Waals surface area contributed by atoms with Crippen LogP contribution < -0.4 is 0 Å². The van der Waals surface area contributed by atoms with E-state index >= 15 is 0 Å². The van der Waals surface area contributed by atoms with E-state index in [1.807, 2.05) is 12.1 Å². The number of morpholine rings is 1. The summed E-state index contributed by atoms with van der Waals surface area (Å²) in [5, 5.41) is 0.773. The number of hydrogen-bond donors (Lipinski definition) is 0. The lowest BCUT2D eigenvalue weighted by Crippen LogP contribution is -2.37. The van der Waals surface area contributed by atoms with Gasteiger partial charge in [0.1, 0.15) is 5.82 Å². The van der Waals surface area contributed by atoms with Gasteiger partial charge in [-0.3, -0.25) is 4.90 Å². The molecule has 0 N–H and O–H groups in total. The molecular formula is C21H24ClN3O. The van der Waals surface area contributed by atoms with Crippen molar-refractivity contribution in [2.75, 3.05) is 32.8 Å². The molecule has 0 amide bonds. The summed E-state index contributed by atoms with van der Waals surface area (Å²) >= 11 is 6.03. The Morgan fingerprint density at radius 1 is 1.00 bits per heavy atom. The maximum absolute atomic E-state index is 6.03. The molecule has 2 heterocycles. The van der Waals surface area contributed by atoms with Crippen LogP contribution in [0.3, 0.4) is 0 Å². The Hall–Kier alpha value is -1.88. The second kappa shape index (κ2) is 8.21. The van der Waals surface area contributed by atoms with Gasteiger partial charge in [-0.2, -0.15) is 0 Å². The molecular weight excluding hydrogens is 346 g/mol. The Kier molecular flexibility index (Phi) is 5.54. The Morgan fingerprint density at radius 2 is 1.77 bits per heavy atom. The summed E-state index contributed by atoms with van der Waals surface area (Å²) < 4.78 is 7.78. The van der Waals surface area contributed by atoms with Crippen molar-refractivity contribution in [1.82, 2.24) is 14.5 Å². The van der Waals surface area contributed by atoms with Crippen molar-refractivity contribution in [2.24, 2.45) is 0 Å². The molecule has 2 aromatic carbocycles. The minimum absolute atomic E-state index is 0.773. The average Bonchev–Trinajstić information content (AvgIpc) is 3.02. The van der Waals surface area contributed by atoms with Gasteiger partial charge in [0.25, 0.3) is 0 Å². The van der Waals surface area contributed by atoms with Crippen LogP contribution >= 0.6 is 11.6 Å². The number of aromatic nitrogens is 2. The minimum atomic E-state index is 0.773. The first-order valence-electron chi connectivity index (χ1n) is 9.28. The van der Waals surface area contributed by atoms with Gasteiger partial charge in [0.2, 0.25) is 0 Å². The fraction of sp³-hybridized carbons (Fsp3) is 0.381. The largest absolute Gasteiger partial charge is 0.379 e. The fourth-order valence-corrected chi connectivity index (χ4v) is 3.68. The lowest BCUT2D eigenvalue weighted by Gasteiger charge is -2.26. The highest BCUT2D eigenvalue weighted by molar-refractivity contribution is 6.30. The van der Waals surface area contributed by atoms with Gasteiger partial charge < -0.3 is 9.30 Å². The zero-order valence-corrected chi connectivity index (χ0v) is 15.7.